The van der Waals surface area contributed by atoms with Gasteiger partial charge in [-0.05, 0) is 30.7 Å². The molecule has 0 atom stereocenters. The Kier molecular flexibility index (Phi) is 5.66. The summed E-state index contributed by atoms with van der Waals surface area (Å²) in [6, 6.07) is 5.23. The first kappa shape index (κ1) is 14.8. The van der Waals surface area contributed by atoms with Crippen molar-refractivity contribution in [2.24, 2.45) is 0 Å². The maximum absolute atomic E-state index is 11.5. The second-order valence-corrected chi connectivity index (χ2v) is 4.15. The lowest BCUT2D eigenvalue weighted by molar-refractivity contribution is -0.123. The molecule has 0 fully saturated rings. The van der Waals surface area contributed by atoms with Crippen molar-refractivity contribution in [2.45, 2.75) is 13.8 Å². The van der Waals surface area contributed by atoms with E-state index in [4.69, 9.17) is 10.5 Å². The van der Waals surface area contributed by atoms with Crippen molar-refractivity contribution in [3.63, 3.8) is 0 Å². The molecule has 1 aromatic carbocycles. The summed E-state index contributed by atoms with van der Waals surface area (Å²) in [5, 5.41) is 5.22. The molecule has 0 aliphatic carbocycles. The largest absolute Gasteiger partial charge is 0.484 e. The van der Waals surface area contributed by atoms with E-state index in [1.54, 1.807) is 18.2 Å². The van der Waals surface area contributed by atoms with E-state index in [-0.39, 0.29) is 18.4 Å². The average molecular weight is 265 g/mol. The number of nitrogen functional groups attached to an aromatic ring is 1. The van der Waals surface area contributed by atoms with Crippen LogP contribution >= 0.6 is 0 Å². The minimum atomic E-state index is -0.235. The zero-order valence-electron chi connectivity index (χ0n) is 11.2. The van der Waals surface area contributed by atoms with Gasteiger partial charge in [0.2, 0.25) is 5.91 Å². The van der Waals surface area contributed by atoms with Gasteiger partial charge in [0.1, 0.15) is 5.75 Å². The third-order valence-corrected chi connectivity index (χ3v) is 2.38. The Morgan fingerprint density at radius 2 is 1.95 bits per heavy atom. The van der Waals surface area contributed by atoms with Crippen LogP contribution in [-0.4, -0.2) is 31.5 Å². The van der Waals surface area contributed by atoms with Crippen LogP contribution in [0.1, 0.15) is 12.5 Å². The molecule has 4 N–H and O–H groups in total. The Bertz CT molecular complexity index is 460. The molecule has 0 radical (unpaired) electrons. The van der Waals surface area contributed by atoms with Gasteiger partial charge in [-0.3, -0.25) is 9.59 Å². The summed E-state index contributed by atoms with van der Waals surface area (Å²) in [5.41, 5.74) is 7.16. The SMILES string of the molecule is CC(=O)NCCNC(=O)COc1ccc(N)cc1C. The molecule has 1 rings (SSSR count). The number of aryl methyl sites for hydroxylation is 1. The number of nitrogens with two attached hydrogens (primary N) is 1. The zero-order valence-corrected chi connectivity index (χ0v) is 11.2. The maximum atomic E-state index is 11.5. The topological polar surface area (TPSA) is 93.5 Å². The molecule has 2 amide bonds. The summed E-state index contributed by atoms with van der Waals surface area (Å²) in [5.74, 6) is 0.274. The molecule has 6 heteroatoms. The van der Waals surface area contributed by atoms with Gasteiger partial charge in [-0.15, -0.1) is 0 Å². The Morgan fingerprint density at radius 1 is 1.26 bits per heavy atom. The number of anilines is 1. The molecule has 0 spiro atoms. The van der Waals surface area contributed by atoms with Crippen LogP contribution in [0.15, 0.2) is 18.2 Å². The molecular weight excluding hydrogens is 246 g/mol. The highest BCUT2D eigenvalue weighted by atomic mass is 16.5. The molecule has 6 nitrogen and oxygen atoms in total. The van der Waals surface area contributed by atoms with Crippen LogP contribution in [-0.2, 0) is 9.59 Å². The van der Waals surface area contributed by atoms with Crippen LogP contribution in [0.5, 0.6) is 5.75 Å². The van der Waals surface area contributed by atoms with E-state index in [9.17, 15) is 9.59 Å². The Morgan fingerprint density at radius 3 is 2.58 bits per heavy atom. The lowest BCUT2D eigenvalue weighted by Gasteiger charge is -2.10. The quantitative estimate of drug-likeness (QED) is 0.506. The van der Waals surface area contributed by atoms with E-state index < -0.39 is 0 Å². The number of hydrogen-bond donors (Lipinski definition) is 3. The van der Waals surface area contributed by atoms with E-state index in [2.05, 4.69) is 10.6 Å². The first-order chi connectivity index (χ1) is 8.99. The molecule has 0 aliphatic heterocycles. The van der Waals surface area contributed by atoms with Gasteiger partial charge < -0.3 is 21.1 Å². The molecule has 0 aliphatic rings. The fraction of sp³-hybridized carbons (Fsp3) is 0.385. The normalized spacial score (nSPS) is 9.79. The standard InChI is InChI=1S/C13H19N3O3/c1-9-7-11(14)3-4-12(9)19-8-13(18)16-6-5-15-10(2)17/h3-4,7H,5-6,8,14H2,1-2H3,(H,15,17)(H,16,18). The zero-order chi connectivity index (χ0) is 14.3. The molecule has 0 bridgehead atoms. The van der Waals surface area contributed by atoms with Gasteiger partial charge in [-0.25, -0.2) is 0 Å². The third-order valence-electron chi connectivity index (χ3n) is 2.38. The summed E-state index contributed by atoms with van der Waals surface area (Å²) in [6.07, 6.45) is 0. The second kappa shape index (κ2) is 7.25. The number of amides is 2. The van der Waals surface area contributed by atoms with Crippen molar-refractivity contribution < 1.29 is 14.3 Å². The Balaban J connectivity index is 2.28. The smallest absolute Gasteiger partial charge is 0.258 e. The molecule has 0 aromatic heterocycles. The predicted octanol–water partition coefficient (Wildman–Crippen LogP) is 0.208. The lowest BCUT2D eigenvalue weighted by Crippen LogP contribution is -2.36. The van der Waals surface area contributed by atoms with Gasteiger partial charge in [-0.1, -0.05) is 0 Å². The monoisotopic (exact) mass is 265 g/mol. The highest BCUT2D eigenvalue weighted by Gasteiger charge is 2.04. The first-order valence-corrected chi connectivity index (χ1v) is 5.99. The van der Waals surface area contributed by atoms with Gasteiger partial charge in [0, 0.05) is 25.7 Å². The number of benzene rings is 1. The number of rotatable bonds is 6. The van der Waals surface area contributed by atoms with Crippen molar-refractivity contribution in [2.75, 3.05) is 25.4 Å². The van der Waals surface area contributed by atoms with E-state index in [1.165, 1.54) is 6.92 Å². The van der Waals surface area contributed by atoms with Crippen LogP contribution in [0.25, 0.3) is 0 Å². The molecule has 19 heavy (non-hydrogen) atoms. The number of hydrogen-bond acceptors (Lipinski definition) is 4. The molecule has 1 aromatic rings. The average Bonchev–Trinajstić information content (AvgIpc) is 2.33. The number of ether oxygens (including phenoxy) is 1. The highest BCUT2D eigenvalue weighted by Crippen LogP contribution is 2.19. The minimum absolute atomic E-state index is 0.0647. The molecule has 0 saturated carbocycles. The van der Waals surface area contributed by atoms with Gasteiger partial charge in [0.15, 0.2) is 6.61 Å². The van der Waals surface area contributed by atoms with Crippen LogP contribution in [0.4, 0.5) is 5.69 Å². The van der Waals surface area contributed by atoms with Crippen LogP contribution in [0.2, 0.25) is 0 Å². The van der Waals surface area contributed by atoms with Crippen molar-refractivity contribution in [3.05, 3.63) is 23.8 Å². The van der Waals surface area contributed by atoms with Gasteiger partial charge in [0.25, 0.3) is 5.91 Å². The number of carbonyl (C=O) groups excluding carboxylic acids is 2. The first-order valence-electron chi connectivity index (χ1n) is 5.99. The van der Waals surface area contributed by atoms with E-state index in [1.807, 2.05) is 6.92 Å². The molecule has 0 unspecified atom stereocenters. The molecular formula is C13H19N3O3. The van der Waals surface area contributed by atoms with Crippen molar-refractivity contribution >= 4 is 17.5 Å². The number of nitrogens with one attached hydrogen (secondary N) is 2. The van der Waals surface area contributed by atoms with Crippen LogP contribution in [0, 0.1) is 6.92 Å². The maximum Gasteiger partial charge on any atom is 0.258 e. The highest BCUT2D eigenvalue weighted by molar-refractivity contribution is 5.77. The van der Waals surface area contributed by atoms with Gasteiger partial charge in [-0.2, -0.15) is 0 Å². The minimum Gasteiger partial charge on any atom is -0.484 e. The summed E-state index contributed by atoms with van der Waals surface area (Å²) < 4.78 is 5.38. The number of carbonyl (C=O) groups is 2. The summed E-state index contributed by atoms with van der Waals surface area (Å²) >= 11 is 0. The second-order valence-electron chi connectivity index (χ2n) is 4.15. The molecule has 0 saturated heterocycles. The Hall–Kier alpha value is -2.24. The summed E-state index contributed by atoms with van der Waals surface area (Å²) in [6.45, 7) is 4.00. The van der Waals surface area contributed by atoms with Crippen LogP contribution < -0.4 is 21.1 Å². The van der Waals surface area contributed by atoms with Crippen molar-refractivity contribution in [3.8, 4) is 5.75 Å². The van der Waals surface area contributed by atoms with Gasteiger partial charge in [0.05, 0.1) is 0 Å². The van der Waals surface area contributed by atoms with E-state index >= 15 is 0 Å². The summed E-state index contributed by atoms with van der Waals surface area (Å²) in [4.78, 5) is 22.1. The van der Waals surface area contributed by atoms with Crippen LogP contribution in [0.3, 0.4) is 0 Å². The molecule has 104 valence electrons. The van der Waals surface area contributed by atoms with E-state index in [0.717, 1.165) is 5.56 Å². The predicted molar refractivity (Wildman–Crippen MR) is 72.8 cm³/mol. The van der Waals surface area contributed by atoms with Gasteiger partial charge >= 0.3 is 0 Å². The van der Waals surface area contributed by atoms with E-state index in [0.29, 0.717) is 24.5 Å². The fourth-order valence-corrected chi connectivity index (χ4v) is 1.47. The van der Waals surface area contributed by atoms with Crippen molar-refractivity contribution in [1.82, 2.24) is 10.6 Å². The molecule has 0 heterocycles. The lowest BCUT2D eigenvalue weighted by atomic mass is 10.2. The fourth-order valence-electron chi connectivity index (χ4n) is 1.47. The Labute approximate surface area is 112 Å². The summed E-state index contributed by atoms with van der Waals surface area (Å²) in [7, 11) is 0. The van der Waals surface area contributed by atoms with Crippen molar-refractivity contribution in [1.29, 1.82) is 0 Å². The third kappa shape index (κ3) is 5.76.